The fourth-order valence-corrected chi connectivity index (χ4v) is 3.87. The number of nitrogens with zero attached hydrogens (tertiary/aromatic N) is 1. The van der Waals surface area contributed by atoms with E-state index >= 15 is 0 Å². The highest BCUT2D eigenvalue weighted by molar-refractivity contribution is 8.01. The highest BCUT2D eigenvalue weighted by Gasteiger charge is 2.50. The van der Waals surface area contributed by atoms with Crippen LogP contribution in [-0.2, 0) is 4.79 Å². The van der Waals surface area contributed by atoms with E-state index in [1.54, 1.807) is 22.9 Å². The van der Waals surface area contributed by atoms with Gasteiger partial charge in [-0.25, -0.2) is 0 Å². The number of thioether (sulfide) groups is 1. The molecule has 1 amide bonds. The molecule has 3 atom stereocenters. The molecule has 0 aromatic heterocycles. The van der Waals surface area contributed by atoms with E-state index in [2.05, 4.69) is 20.8 Å². The van der Waals surface area contributed by atoms with E-state index in [1.807, 2.05) is 0 Å². The molecule has 0 spiro atoms. The van der Waals surface area contributed by atoms with Crippen molar-refractivity contribution < 1.29 is 4.79 Å². The normalized spacial score (nSPS) is 35.8. The zero-order valence-electron chi connectivity index (χ0n) is 9.03. The third-order valence-corrected chi connectivity index (χ3v) is 5.17. The van der Waals surface area contributed by atoms with Crippen LogP contribution in [-0.4, -0.2) is 27.5 Å². The maximum absolute atomic E-state index is 11.4. The van der Waals surface area contributed by atoms with Gasteiger partial charge in [0, 0.05) is 16.5 Å². The van der Waals surface area contributed by atoms with Crippen LogP contribution in [0, 0.1) is 5.41 Å². The lowest BCUT2D eigenvalue weighted by Gasteiger charge is -2.49. The molecule has 2 unspecified atom stereocenters. The standard InChI is InChI=1S/C10H15ClN2OS/c1-10(2,3)7-5(11)4-13-8(14)6(12)9(13)15-7/h4,6-7,9H,12H2,1-3H3/t6?,7?,9-/m1/s1. The van der Waals surface area contributed by atoms with Crippen LogP contribution < -0.4 is 5.73 Å². The topological polar surface area (TPSA) is 46.3 Å². The van der Waals surface area contributed by atoms with Gasteiger partial charge in [0.2, 0.25) is 5.91 Å². The fourth-order valence-electron chi connectivity index (χ4n) is 1.82. The molecular weight excluding hydrogens is 232 g/mol. The molecule has 5 heteroatoms. The maximum atomic E-state index is 11.4. The number of rotatable bonds is 0. The molecule has 2 N–H and O–H groups in total. The molecule has 3 nitrogen and oxygen atoms in total. The molecule has 2 aliphatic heterocycles. The first-order chi connectivity index (χ1) is 6.82. The highest BCUT2D eigenvalue weighted by atomic mass is 35.5. The van der Waals surface area contributed by atoms with E-state index < -0.39 is 0 Å². The number of β-lactam (4-membered cyclic amide) rings is 1. The summed E-state index contributed by atoms with van der Waals surface area (Å²) in [5, 5.41) is 1.03. The molecule has 15 heavy (non-hydrogen) atoms. The highest BCUT2D eigenvalue weighted by Crippen LogP contribution is 2.47. The molecule has 0 aromatic carbocycles. The first-order valence-electron chi connectivity index (χ1n) is 4.93. The second-order valence-corrected chi connectivity index (χ2v) is 6.72. The van der Waals surface area contributed by atoms with Gasteiger partial charge in [0.05, 0.1) is 0 Å². The zero-order valence-corrected chi connectivity index (χ0v) is 10.6. The first-order valence-corrected chi connectivity index (χ1v) is 6.25. The largest absolute Gasteiger partial charge is 0.317 e. The summed E-state index contributed by atoms with van der Waals surface area (Å²) in [7, 11) is 0. The van der Waals surface area contributed by atoms with Crippen molar-refractivity contribution in [3.05, 3.63) is 11.2 Å². The van der Waals surface area contributed by atoms with Gasteiger partial charge in [-0.05, 0) is 5.41 Å². The van der Waals surface area contributed by atoms with Crippen LogP contribution in [0.15, 0.2) is 11.2 Å². The van der Waals surface area contributed by atoms with Crippen LogP contribution in [0.1, 0.15) is 20.8 Å². The quantitative estimate of drug-likeness (QED) is 0.662. The maximum Gasteiger partial charge on any atom is 0.247 e. The molecule has 2 aliphatic rings. The monoisotopic (exact) mass is 246 g/mol. The molecule has 0 aromatic rings. The van der Waals surface area contributed by atoms with E-state index in [0.717, 1.165) is 5.03 Å². The number of carbonyl (C=O) groups excluding carboxylic acids is 1. The molecule has 2 rings (SSSR count). The smallest absolute Gasteiger partial charge is 0.247 e. The molecule has 0 aliphatic carbocycles. The van der Waals surface area contributed by atoms with Gasteiger partial charge < -0.3 is 10.6 Å². The summed E-state index contributed by atoms with van der Waals surface area (Å²) in [6.07, 6.45) is 1.74. The summed E-state index contributed by atoms with van der Waals surface area (Å²) in [4.78, 5) is 13.0. The van der Waals surface area contributed by atoms with E-state index in [1.165, 1.54) is 0 Å². The lowest BCUT2D eigenvalue weighted by atomic mass is 9.91. The summed E-state index contributed by atoms with van der Waals surface area (Å²) < 4.78 is 0. The summed E-state index contributed by atoms with van der Waals surface area (Å²) in [6.45, 7) is 6.42. The molecule has 0 radical (unpaired) electrons. The average Bonchev–Trinajstić information content (AvgIpc) is 2.14. The Morgan fingerprint density at radius 2 is 2.13 bits per heavy atom. The Morgan fingerprint density at radius 1 is 1.53 bits per heavy atom. The van der Waals surface area contributed by atoms with E-state index in [9.17, 15) is 4.79 Å². The third kappa shape index (κ3) is 1.69. The predicted molar refractivity (Wildman–Crippen MR) is 63.4 cm³/mol. The Hall–Kier alpha value is -0.190. The van der Waals surface area contributed by atoms with E-state index in [-0.39, 0.29) is 28.0 Å². The number of hydrogen-bond donors (Lipinski definition) is 1. The minimum absolute atomic E-state index is 0.0296. The van der Waals surface area contributed by atoms with Crippen LogP contribution in [0.2, 0.25) is 0 Å². The first kappa shape index (κ1) is 11.3. The number of amides is 1. The van der Waals surface area contributed by atoms with Gasteiger partial charge in [0.25, 0.3) is 0 Å². The SMILES string of the molecule is CC(C)(C)C1S[C@@H]2C(N)C(=O)N2C=C1Cl. The van der Waals surface area contributed by atoms with Crippen molar-refractivity contribution in [3.63, 3.8) is 0 Å². The minimum Gasteiger partial charge on any atom is -0.317 e. The second-order valence-electron chi connectivity index (χ2n) is 5.06. The molecule has 84 valence electrons. The van der Waals surface area contributed by atoms with Crippen molar-refractivity contribution in [2.75, 3.05) is 0 Å². The van der Waals surface area contributed by atoms with Crippen molar-refractivity contribution in [2.45, 2.75) is 37.4 Å². The van der Waals surface area contributed by atoms with Gasteiger partial charge >= 0.3 is 0 Å². The Balaban J connectivity index is 2.24. The van der Waals surface area contributed by atoms with E-state index in [4.69, 9.17) is 17.3 Å². The molecule has 0 bridgehead atoms. The van der Waals surface area contributed by atoms with Crippen LogP contribution in [0.4, 0.5) is 0 Å². The van der Waals surface area contributed by atoms with Crippen LogP contribution in [0.5, 0.6) is 0 Å². The van der Waals surface area contributed by atoms with Gasteiger partial charge in [0.15, 0.2) is 0 Å². The molecule has 1 saturated heterocycles. The predicted octanol–water partition coefficient (Wildman–Crippen LogP) is 1.72. The fraction of sp³-hybridized carbons (Fsp3) is 0.700. The van der Waals surface area contributed by atoms with Gasteiger partial charge in [-0.1, -0.05) is 32.4 Å². The Kier molecular flexibility index (Phi) is 2.56. The molecular formula is C10H15ClN2OS. The third-order valence-electron chi connectivity index (χ3n) is 2.70. The van der Waals surface area contributed by atoms with Gasteiger partial charge in [0.1, 0.15) is 11.4 Å². The average molecular weight is 247 g/mol. The van der Waals surface area contributed by atoms with Crippen LogP contribution in [0.25, 0.3) is 0 Å². The Bertz CT molecular complexity index is 337. The lowest BCUT2D eigenvalue weighted by Crippen LogP contribution is -2.66. The minimum atomic E-state index is -0.360. The molecule has 0 saturated carbocycles. The zero-order chi connectivity index (χ0) is 11.4. The van der Waals surface area contributed by atoms with Gasteiger partial charge in [-0.2, -0.15) is 0 Å². The number of halogens is 1. The van der Waals surface area contributed by atoms with Gasteiger partial charge in [-0.3, -0.25) is 4.79 Å². The number of nitrogens with two attached hydrogens (primary N) is 1. The Morgan fingerprint density at radius 3 is 2.67 bits per heavy atom. The number of hydrogen-bond acceptors (Lipinski definition) is 3. The van der Waals surface area contributed by atoms with Crippen molar-refractivity contribution >= 4 is 29.3 Å². The summed E-state index contributed by atoms with van der Waals surface area (Å²) in [5.74, 6) is -0.0296. The Labute approximate surface area is 99.0 Å². The second kappa shape index (κ2) is 3.40. The van der Waals surface area contributed by atoms with Crippen molar-refractivity contribution in [1.29, 1.82) is 0 Å². The van der Waals surface area contributed by atoms with Crippen molar-refractivity contribution in [2.24, 2.45) is 11.1 Å². The summed E-state index contributed by atoms with van der Waals surface area (Å²) in [6, 6.07) is -0.360. The lowest BCUT2D eigenvalue weighted by molar-refractivity contribution is -0.140. The van der Waals surface area contributed by atoms with Gasteiger partial charge in [-0.15, -0.1) is 11.8 Å². The molecule has 2 heterocycles. The van der Waals surface area contributed by atoms with E-state index in [0.29, 0.717) is 0 Å². The van der Waals surface area contributed by atoms with Crippen molar-refractivity contribution in [3.8, 4) is 0 Å². The summed E-state index contributed by atoms with van der Waals surface area (Å²) in [5.41, 5.74) is 5.83. The number of fused-ring (bicyclic) bond motifs is 1. The van der Waals surface area contributed by atoms with Crippen LogP contribution in [0.3, 0.4) is 0 Å². The van der Waals surface area contributed by atoms with Crippen LogP contribution >= 0.6 is 23.4 Å². The number of carbonyl (C=O) groups is 1. The summed E-state index contributed by atoms with van der Waals surface area (Å²) >= 11 is 7.87. The molecule has 1 fully saturated rings. The van der Waals surface area contributed by atoms with Crippen molar-refractivity contribution in [1.82, 2.24) is 4.90 Å².